The highest BCUT2D eigenvalue weighted by atomic mass is 127. The summed E-state index contributed by atoms with van der Waals surface area (Å²) in [6.07, 6.45) is 1.47. The highest BCUT2D eigenvalue weighted by Gasteiger charge is 2.05. The minimum absolute atomic E-state index is 0.163. The van der Waals surface area contributed by atoms with Gasteiger partial charge in [0, 0.05) is 15.3 Å². The summed E-state index contributed by atoms with van der Waals surface area (Å²) >= 11 is 4.20. The SMILES string of the molecule is Oc1c(I)cc(I)cc1/C=N/c1ccccc1F. The molecule has 0 heterocycles. The van der Waals surface area contributed by atoms with Gasteiger partial charge in [-0.2, -0.15) is 0 Å². The van der Waals surface area contributed by atoms with Crippen molar-refractivity contribution in [3.63, 3.8) is 0 Å². The van der Waals surface area contributed by atoms with Crippen molar-refractivity contribution in [3.8, 4) is 5.75 Å². The van der Waals surface area contributed by atoms with E-state index in [1.165, 1.54) is 12.3 Å². The predicted octanol–water partition coefficient (Wildman–Crippen LogP) is 4.49. The van der Waals surface area contributed by atoms with E-state index < -0.39 is 0 Å². The van der Waals surface area contributed by atoms with Gasteiger partial charge in [-0.1, -0.05) is 12.1 Å². The molecule has 0 spiro atoms. The Morgan fingerprint density at radius 3 is 2.61 bits per heavy atom. The van der Waals surface area contributed by atoms with Gasteiger partial charge in [-0.15, -0.1) is 0 Å². The Labute approximate surface area is 131 Å². The molecule has 1 N–H and O–H groups in total. The Hall–Kier alpha value is -0.700. The van der Waals surface area contributed by atoms with E-state index in [1.807, 2.05) is 28.7 Å². The van der Waals surface area contributed by atoms with Crippen LogP contribution < -0.4 is 0 Å². The van der Waals surface area contributed by atoms with Crippen molar-refractivity contribution < 1.29 is 9.50 Å². The monoisotopic (exact) mass is 467 g/mol. The molecule has 0 atom stereocenters. The molecule has 92 valence electrons. The summed E-state index contributed by atoms with van der Waals surface area (Å²) in [5, 5.41) is 9.87. The van der Waals surface area contributed by atoms with Crippen LogP contribution in [-0.2, 0) is 0 Å². The minimum atomic E-state index is -0.381. The maximum atomic E-state index is 13.4. The number of phenolic OH excluding ortho intramolecular Hbond substituents is 1. The molecule has 0 aliphatic rings. The summed E-state index contributed by atoms with van der Waals surface area (Å²) in [7, 11) is 0. The molecular weight excluding hydrogens is 459 g/mol. The quantitative estimate of drug-likeness (QED) is 0.513. The van der Waals surface area contributed by atoms with E-state index in [1.54, 1.807) is 24.3 Å². The number of phenols is 1. The van der Waals surface area contributed by atoms with Gasteiger partial charge < -0.3 is 5.11 Å². The first-order chi connectivity index (χ1) is 8.58. The van der Waals surface area contributed by atoms with Crippen LogP contribution in [0.15, 0.2) is 41.4 Å². The lowest BCUT2D eigenvalue weighted by molar-refractivity contribution is 0.470. The van der Waals surface area contributed by atoms with Gasteiger partial charge in [0.25, 0.3) is 0 Å². The van der Waals surface area contributed by atoms with Crippen molar-refractivity contribution >= 4 is 57.1 Å². The van der Waals surface area contributed by atoms with Gasteiger partial charge in [-0.3, -0.25) is 4.99 Å². The van der Waals surface area contributed by atoms with Crippen molar-refractivity contribution in [3.05, 3.63) is 54.9 Å². The largest absolute Gasteiger partial charge is 0.506 e. The van der Waals surface area contributed by atoms with Gasteiger partial charge in [0.15, 0.2) is 0 Å². The molecule has 2 aromatic carbocycles. The second-order valence-corrected chi connectivity index (χ2v) is 5.94. The van der Waals surface area contributed by atoms with Crippen LogP contribution in [0, 0.1) is 13.0 Å². The zero-order valence-corrected chi connectivity index (χ0v) is 13.4. The molecule has 2 nitrogen and oxygen atoms in total. The summed E-state index contributed by atoms with van der Waals surface area (Å²) < 4.78 is 15.1. The van der Waals surface area contributed by atoms with Crippen LogP contribution in [0.2, 0.25) is 0 Å². The molecule has 0 aromatic heterocycles. The van der Waals surface area contributed by atoms with Crippen LogP contribution in [0.4, 0.5) is 10.1 Å². The number of aromatic hydroxyl groups is 1. The molecule has 0 saturated heterocycles. The maximum absolute atomic E-state index is 13.4. The molecule has 2 aromatic rings. The van der Waals surface area contributed by atoms with Gasteiger partial charge in [0.2, 0.25) is 0 Å². The van der Waals surface area contributed by atoms with Crippen molar-refractivity contribution in [1.29, 1.82) is 0 Å². The first-order valence-electron chi connectivity index (χ1n) is 5.04. The van der Waals surface area contributed by atoms with Crippen LogP contribution in [-0.4, -0.2) is 11.3 Å². The highest BCUT2D eigenvalue weighted by Crippen LogP contribution is 2.26. The Morgan fingerprint density at radius 2 is 1.89 bits per heavy atom. The van der Waals surface area contributed by atoms with E-state index in [9.17, 15) is 9.50 Å². The fourth-order valence-corrected chi connectivity index (χ4v) is 3.27. The molecule has 0 saturated carbocycles. The molecule has 0 aliphatic heterocycles. The van der Waals surface area contributed by atoms with Gasteiger partial charge in [0.1, 0.15) is 11.6 Å². The van der Waals surface area contributed by atoms with Crippen LogP contribution in [0.1, 0.15) is 5.56 Å². The highest BCUT2D eigenvalue weighted by molar-refractivity contribution is 14.1. The number of halogens is 3. The lowest BCUT2D eigenvalue weighted by Gasteiger charge is -2.03. The van der Waals surface area contributed by atoms with Crippen LogP contribution in [0.3, 0.4) is 0 Å². The average molecular weight is 467 g/mol. The van der Waals surface area contributed by atoms with Crippen molar-refractivity contribution in [2.75, 3.05) is 0 Å². The Bertz CT molecular complexity index is 614. The summed E-state index contributed by atoms with van der Waals surface area (Å²) in [5.41, 5.74) is 0.834. The number of aliphatic imine (C=N–C) groups is 1. The number of nitrogens with zero attached hydrogens (tertiary/aromatic N) is 1. The Kier molecular flexibility index (Phi) is 4.55. The molecule has 0 fully saturated rings. The van der Waals surface area contributed by atoms with Gasteiger partial charge in [0.05, 0.1) is 9.26 Å². The van der Waals surface area contributed by atoms with E-state index in [4.69, 9.17) is 0 Å². The number of hydrogen-bond donors (Lipinski definition) is 1. The smallest absolute Gasteiger partial charge is 0.148 e. The summed E-state index contributed by atoms with van der Waals surface area (Å²) in [4.78, 5) is 4.05. The van der Waals surface area contributed by atoms with E-state index in [-0.39, 0.29) is 17.3 Å². The zero-order valence-electron chi connectivity index (χ0n) is 9.07. The third-order valence-electron chi connectivity index (χ3n) is 2.25. The second-order valence-electron chi connectivity index (χ2n) is 3.54. The normalized spacial score (nSPS) is 11.1. The summed E-state index contributed by atoms with van der Waals surface area (Å²) in [5.74, 6) is -0.218. The maximum Gasteiger partial charge on any atom is 0.148 e. The summed E-state index contributed by atoms with van der Waals surface area (Å²) in [6, 6.07) is 9.92. The van der Waals surface area contributed by atoms with Gasteiger partial charge in [-0.05, 0) is 69.4 Å². The molecule has 18 heavy (non-hydrogen) atoms. The first-order valence-corrected chi connectivity index (χ1v) is 7.20. The summed E-state index contributed by atoms with van der Waals surface area (Å²) in [6.45, 7) is 0. The fourth-order valence-electron chi connectivity index (χ4n) is 1.38. The van der Waals surface area contributed by atoms with Gasteiger partial charge >= 0.3 is 0 Å². The lowest BCUT2D eigenvalue weighted by atomic mass is 10.2. The van der Waals surface area contributed by atoms with E-state index in [0.29, 0.717) is 5.56 Å². The van der Waals surface area contributed by atoms with Crippen LogP contribution >= 0.6 is 45.2 Å². The van der Waals surface area contributed by atoms with E-state index in [0.717, 1.165) is 7.14 Å². The van der Waals surface area contributed by atoms with Crippen LogP contribution in [0.5, 0.6) is 5.75 Å². The molecular formula is C13H8FI2NO. The molecule has 0 radical (unpaired) electrons. The zero-order chi connectivity index (χ0) is 13.1. The Morgan fingerprint density at radius 1 is 1.17 bits per heavy atom. The standard InChI is InChI=1S/C13H8FI2NO/c14-10-3-1-2-4-12(10)17-7-8-5-9(15)6-11(16)13(8)18/h1-7,18H/b17-7+. The number of hydrogen-bond acceptors (Lipinski definition) is 2. The number of para-hydroxylation sites is 1. The second kappa shape index (κ2) is 5.96. The molecule has 0 bridgehead atoms. The van der Waals surface area contributed by atoms with Crippen LogP contribution in [0.25, 0.3) is 0 Å². The molecule has 0 amide bonds. The fraction of sp³-hybridized carbons (Fsp3) is 0. The first kappa shape index (κ1) is 13.7. The Balaban J connectivity index is 2.38. The minimum Gasteiger partial charge on any atom is -0.506 e. The molecule has 2 rings (SSSR count). The third-order valence-corrected chi connectivity index (χ3v) is 3.70. The number of benzene rings is 2. The van der Waals surface area contributed by atoms with Crippen molar-refractivity contribution in [2.45, 2.75) is 0 Å². The average Bonchev–Trinajstić information content (AvgIpc) is 2.33. The number of rotatable bonds is 2. The topological polar surface area (TPSA) is 32.6 Å². The van der Waals surface area contributed by atoms with Gasteiger partial charge in [-0.25, -0.2) is 4.39 Å². The van der Waals surface area contributed by atoms with Crippen molar-refractivity contribution in [2.24, 2.45) is 4.99 Å². The third kappa shape index (κ3) is 3.19. The van der Waals surface area contributed by atoms with Crippen molar-refractivity contribution in [1.82, 2.24) is 0 Å². The molecule has 0 aliphatic carbocycles. The predicted molar refractivity (Wildman–Crippen MR) is 87.2 cm³/mol. The lowest BCUT2D eigenvalue weighted by Crippen LogP contribution is -1.88. The van der Waals surface area contributed by atoms with E-state index in [2.05, 4.69) is 27.6 Å². The molecule has 0 unspecified atom stereocenters. The molecule has 5 heteroatoms. The van der Waals surface area contributed by atoms with E-state index >= 15 is 0 Å².